The molecule has 0 aliphatic heterocycles. The molecule has 0 radical (unpaired) electrons. The highest BCUT2D eigenvalue weighted by Gasteiger charge is 2.16. The van der Waals surface area contributed by atoms with Crippen molar-refractivity contribution in [3.63, 3.8) is 0 Å². The van der Waals surface area contributed by atoms with Crippen LogP contribution in [0, 0.1) is 14.9 Å². The highest BCUT2D eigenvalue weighted by atomic mass is 32.1. The third-order valence-corrected chi connectivity index (χ3v) is 3.27. The summed E-state index contributed by atoms with van der Waals surface area (Å²) in [6, 6.07) is 3.17. The predicted octanol–water partition coefficient (Wildman–Crippen LogP) is 2.51. The maximum absolute atomic E-state index is 12.8. The van der Waals surface area contributed by atoms with Gasteiger partial charge in [0.05, 0.1) is 17.7 Å². The molecule has 0 bridgehead atoms. The average Bonchev–Trinajstić information content (AvgIpc) is 3.26. The fourth-order valence-electron chi connectivity index (χ4n) is 1.91. The quantitative estimate of drug-likeness (QED) is 0.308. The SMILES string of the molecule is O=[N+]([O-])c1cnn(Cc2ccc(/C=N\n3c(C(F)F)n[nH]c3=S)o2)c1. The molecule has 3 aromatic heterocycles. The van der Waals surface area contributed by atoms with Crippen molar-refractivity contribution < 1.29 is 18.1 Å². The normalized spacial score (nSPS) is 11.6. The molecule has 3 rings (SSSR count). The summed E-state index contributed by atoms with van der Waals surface area (Å²) < 4.78 is 33.0. The van der Waals surface area contributed by atoms with Crippen molar-refractivity contribution in [1.82, 2.24) is 24.7 Å². The lowest BCUT2D eigenvalue weighted by molar-refractivity contribution is -0.385. The number of hydrogen-bond acceptors (Lipinski definition) is 7. The van der Waals surface area contributed by atoms with Gasteiger partial charge in [-0.1, -0.05) is 0 Å². The van der Waals surface area contributed by atoms with E-state index >= 15 is 0 Å². The van der Waals surface area contributed by atoms with Crippen molar-refractivity contribution in [3.05, 3.63) is 56.8 Å². The van der Waals surface area contributed by atoms with Gasteiger partial charge in [-0.2, -0.15) is 20.0 Å². The summed E-state index contributed by atoms with van der Waals surface area (Å²) in [5.41, 5.74) is -0.137. The van der Waals surface area contributed by atoms with Crippen molar-refractivity contribution in [1.29, 1.82) is 0 Å². The zero-order valence-corrected chi connectivity index (χ0v) is 13.1. The minimum Gasteiger partial charge on any atom is -0.458 e. The molecule has 10 nitrogen and oxygen atoms in total. The van der Waals surface area contributed by atoms with E-state index in [9.17, 15) is 18.9 Å². The molecule has 3 aromatic rings. The number of aromatic nitrogens is 5. The lowest BCUT2D eigenvalue weighted by Crippen LogP contribution is -1.99. The highest BCUT2D eigenvalue weighted by Crippen LogP contribution is 2.16. The number of nitrogens with one attached hydrogen (secondary N) is 1. The van der Waals surface area contributed by atoms with Gasteiger partial charge in [-0.05, 0) is 24.4 Å². The summed E-state index contributed by atoms with van der Waals surface area (Å²) in [7, 11) is 0. The van der Waals surface area contributed by atoms with Gasteiger partial charge in [0, 0.05) is 0 Å². The fraction of sp³-hybridized carbons (Fsp3) is 0.167. The van der Waals surface area contributed by atoms with E-state index in [4.69, 9.17) is 16.6 Å². The molecule has 25 heavy (non-hydrogen) atoms. The molecule has 3 heterocycles. The van der Waals surface area contributed by atoms with Gasteiger partial charge < -0.3 is 4.42 Å². The van der Waals surface area contributed by atoms with E-state index in [2.05, 4.69) is 20.4 Å². The molecule has 0 unspecified atom stereocenters. The van der Waals surface area contributed by atoms with Gasteiger partial charge in [-0.15, -0.1) is 0 Å². The monoisotopic (exact) mass is 369 g/mol. The summed E-state index contributed by atoms with van der Waals surface area (Å²) >= 11 is 4.82. The first kappa shape index (κ1) is 16.6. The molecule has 0 aliphatic rings. The first-order chi connectivity index (χ1) is 11.9. The lowest BCUT2D eigenvalue weighted by Gasteiger charge is -1.98. The molecule has 0 atom stereocenters. The highest BCUT2D eigenvalue weighted by molar-refractivity contribution is 7.71. The zero-order chi connectivity index (χ0) is 18.0. The molecule has 1 N–H and O–H groups in total. The van der Waals surface area contributed by atoms with Crippen LogP contribution in [0.3, 0.4) is 0 Å². The van der Waals surface area contributed by atoms with Crippen LogP contribution in [0.2, 0.25) is 0 Å². The van der Waals surface area contributed by atoms with E-state index in [0.29, 0.717) is 5.76 Å². The van der Waals surface area contributed by atoms with Crippen LogP contribution in [0.1, 0.15) is 23.8 Å². The second kappa shape index (κ2) is 6.72. The Kier molecular flexibility index (Phi) is 4.47. The predicted molar refractivity (Wildman–Crippen MR) is 82.1 cm³/mol. The first-order valence-electron chi connectivity index (χ1n) is 6.69. The van der Waals surface area contributed by atoms with Gasteiger partial charge in [0.2, 0.25) is 10.6 Å². The minimum atomic E-state index is -2.84. The Balaban J connectivity index is 1.74. The van der Waals surface area contributed by atoms with Crippen LogP contribution >= 0.6 is 12.2 Å². The summed E-state index contributed by atoms with van der Waals surface area (Å²) in [6.07, 6.45) is 0.743. The molecule has 0 aliphatic carbocycles. The molecule has 130 valence electrons. The Hall–Kier alpha value is -3.22. The molecule has 13 heteroatoms. The molecule has 0 spiro atoms. The van der Waals surface area contributed by atoms with Crippen molar-refractivity contribution in [2.24, 2.45) is 5.10 Å². The largest absolute Gasteiger partial charge is 0.458 e. The number of rotatable bonds is 6. The molecule has 0 saturated heterocycles. The van der Waals surface area contributed by atoms with E-state index in [0.717, 1.165) is 10.9 Å². The van der Waals surface area contributed by atoms with Crippen molar-refractivity contribution in [3.8, 4) is 0 Å². The third kappa shape index (κ3) is 3.65. The van der Waals surface area contributed by atoms with Crippen LogP contribution in [-0.4, -0.2) is 35.8 Å². The van der Waals surface area contributed by atoms with Crippen LogP contribution in [0.5, 0.6) is 0 Å². The summed E-state index contributed by atoms with van der Waals surface area (Å²) in [5, 5.41) is 23.9. The number of furan rings is 1. The Morgan fingerprint density at radius 2 is 2.32 bits per heavy atom. The molecule has 0 aromatic carbocycles. The van der Waals surface area contributed by atoms with Crippen molar-refractivity contribution >= 4 is 24.1 Å². The van der Waals surface area contributed by atoms with E-state index in [1.807, 2.05) is 0 Å². The van der Waals surface area contributed by atoms with E-state index in [1.54, 1.807) is 12.1 Å². The van der Waals surface area contributed by atoms with Gasteiger partial charge in [0.1, 0.15) is 23.9 Å². The Bertz CT molecular complexity index is 987. The maximum Gasteiger partial charge on any atom is 0.307 e. The van der Waals surface area contributed by atoms with Gasteiger partial charge in [-0.25, -0.2) is 13.9 Å². The second-order valence-electron chi connectivity index (χ2n) is 4.70. The van der Waals surface area contributed by atoms with Crippen LogP contribution < -0.4 is 0 Å². The fourth-order valence-corrected chi connectivity index (χ4v) is 2.10. The van der Waals surface area contributed by atoms with E-state index in [1.165, 1.54) is 17.1 Å². The molecular weight excluding hydrogens is 360 g/mol. The number of H-pyrrole nitrogens is 1. The van der Waals surface area contributed by atoms with Gasteiger partial charge in [-0.3, -0.25) is 14.8 Å². The number of alkyl halides is 2. The minimum absolute atomic E-state index is 0.0813. The summed E-state index contributed by atoms with van der Waals surface area (Å²) in [5.74, 6) is 0.112. The number of aromatic amines is 1. The zero-order valence-electron chi connectivity index (χ0n) is 12.2. The molecular formula is C12H9F2N7O3S. The number of halogens is 2. The molecule has 0 amide bonds. The number of hydrogen-bond donors (Lipinski definition) is 1. The third-order valence-electron chi connectivity index (χ3n) is 3.00. The van der Waals surface area contributed by atoms with Crippen LogP contribution in [0.15, 0.2) is 34.0 Å². The lowest BCUT2D eigenvalue weighted by atomic mass is 10.4. The van der Waals surface area contributed by atoms with Gasteiger partial charge in [0.25, 0.3) is 6.43 Å². The average molecular weight is 369 g/mol. The van der Waals surface area contributed by atoms with Gasteiger partial charge in [0.15, 0.2) is 0 Å². The smallest absolute Gasteiger partial charge is 0.307 e. The van der Waals surface area contributed by atoms with Crippen LogP contribution in [-0.2, 0) is 6.54 Å². The van der Waals surface area contributed by atoms with E-state index in [-0.39, 0.29) is 22.8 Å². The maximum atomic E-state index is 12.8. The Morgan fingerprint density at radius 3 is 3.00 bits per heavy atom. The van der Waals surface area contributed by atoms with E-state index < -0.39 is 17.2 Å². The summed E-state index contributed by atoms with van der Waals surface area (Å²) in [6.45, 7) is 0.162. The summed E-state index contributed by atoms with van der Waals surface area (Å²) in [4.78, 5) is 10.1. The van der Waals surface area contributed by atoms with Gasteiger partial charge >= 0.3 is 5.69 Å². The number of nitrogens with zero attached hydrogens (tertiary/aromatic N) is 6. The van der Waals surface area contributed by atoms with Crippen molar-refractivity contribution in [2.75, 3.05) is 0 Å². The van der Waals surface area contributed by atoms with Crippen LogP contribution in [0.25, 0.3) is 0 Å². The topological polar surface area (TPSA) is 120 Å². The Morgan fingerprint density at radius 1 is 1.52 bits per heavy atom. The second-order valence-corrected chi connectivity index (χ2v) is 5.09. The van der Waals surface area contributed by atoms with Crippen LogP contribution in [0.4, 0.5) is 14.5 Å². The Labute approximate surface area is 142 Å². The standard InChI is InChI=1S/C12H9F2N7O3S/c13-10(14)11-17-18-12(25)20(11)16-4-8-1-2-9(24-8)6-19-5-7(3-15-19)21(22)23/h1-5,10H,6H2,(H,18,25)/b16-4-. The first-order valence-corrected chi connectivity index (χ1v) is 7.10. The molecule has 0 fully saturated rings. The number of nitro groups is 1. The molecule has 0 saturated carbocycles. The van der Waals surface area contributed by atoms with Crippen molar-refractivity contribution in [2.45, 2.75) is 13.0 Å².